The number of rotatable bonds is 6. The molecule has 3 rings (SSSR count). The lowest BCUT2D eigenvalue weighted by molar-refractivity contribution is 0.122. The Hall–Kier alpha value is -2.07. The zero-order valence-electron chi connectivity index (χ0n) is 16.3. The molecular weight excluding hydrogens is 469 g/mol. The molecule has 1 aromatic carbocycles. The molecule has 28 heavy (non-hydrogen) atoms. The standard InChI is InChI=1S/C20H27N5O2.HI/c1-15(2)27-18-7-5-17(6-8-18)24-20(21)23-14-16-4-3-9-22-19(16)25-10-12-26-13-11-25;/h3-9,15H,10-14H2,1-2H3,(H3,21,23,24);1H. The third kappa shape index (κ3) is 6.52. The fraction of sp³-hybridized carbons (Fsp3) is 0.400. The number of halogens is 1. The van der Waals surface area contributed by atoms with Crippen molar-refractivity contribution in [3.8, 4) is 5.75 Å². The largest absolute Gasteiger partial charge is 0.491 e. The van der Waals surface area contributed by atoms with E-state index < -0.39 is 0 Å². The summed E-state index contributed by atoms with van der Waals surface area (Å²) in [6, 6.07) is 11.6. The van der Waals surface area contributed by atoms with Gasteiger partial charge in [0.15, 0.2) is 5.96 Å². The molecule has 8 heteroatoms. The van der Waals surface area contributed by atoms with Gasteiger partial charge in [-0.05, 0) is 44.2 Å². The van der Waals surface area contributed by atoms with Crippen LogP contribution in [-0.2, 0) is 11.3 Å². The van der Waals surface area contributed by atoms with Crippen molar-refractivity contribution < 1.29 is 9.47 Å². The molecule has 152 valence electrons. The molecule has 0 atom stereocenters. The van der Waals surface area contributed by atoms with Gasteiger partial charge in [-0.25, -0.2) is 9.98 Å². The summed E-state index contributed by atoms with van der Waals surface area (Å²) in [5, 5.41) is 3.11. The summed E-state index contributed by atoms with van der Waals surface area (Å²) in [5.41, 5.74) is 7.97. The first-order valence-electron chi connectivity index (χ1n) is 9.22. The van der Waals surface area contributed by atoms with Gasteiger partial charge in [-0.1, -0.05) is 6.07 Å². The smallest absolute Gasteiger partial charge is 0.193 e. The van der Waals surface area contributed by atoms with Crippen molar-refractivity contribution >= 4 is 41.4 Å². The second kappa shape index (κ2) is 11.1. The molecule has 0 spiro atoms. The molecule has 2 heterocycles. The lowest BCUT2D eigenvalue weighted by atomic mass is 10.2. The van der Waals surface area contributed by atoms with E-state index >= 15 is 0 Å². The molecule has 0 radical (unpaired) electrons. The first-order chi connectivity index (χ1) is 13.1. The minimum absolute atomic E-state index is 0. The number of hydrogen-bond donors (Lipinski definition) is 2. The van der Waals surface area contributed by atoms with Crippen LogP contribution in [0.3, 0.4) is 0 Å². The zero-order chi connectivity index (χ0) is 19.1. The summed E-state index contributed by atoms with van der Waals surface area (Å²) >= 11 is 0. The fourth-order valence-electron chi connectivity index (χ4n) is 2.86. The highest BCUT2D eigenvalue weighted by atomic mass is 127. The van der Waals surface area contributed by atoms with Gasteiger partial charge in [0.2, 0.25) is 0 Å². The van der Waals surface area contributed by atoms with E-state index in [1.54, 1.807) is 6.20 Å². The van der Waals surface area contributed by atoms with Crippen molar-refractivity contribution in [2.75, 3.05) is 36.5 Å². The van der Waals surface area contributed by atoms with E-state index in [9.17, 15) is 0 Å². The highest BCUT2D eigenvalue weighted by Crippen LogP contribution is 2.20. The molecule has 0 saturated carbocycles. The van der Waals surface area contributed by atoms with Crippen LogP contribution in [0.15, 0.2) is 47.6 Å². The molecule has 1 fully saturated rings. The third-order valence-electron chi connectivity index (χ3n) is 4.10. The van der Waals surface area contributed by atoms with Crippen LogP contribution >= 0.6 is 24.0 Å². The first kappa shape index (κ1) is 22.2. The number of pyridine rings is 1. The van der Waals surface area contributed by atoms with Crippen LogP contribution in [0, 0.1) is 0 Å². The van der Waals surface area contributed by atoms with Gasteiger partial charge in [0.05, 0.1) is 25.9 Å². The number of guanidine groups is 1. The number of nitrogens with one attached hydrogen (secondary N) is 1. The number of morpholine rings is 1. The minimum atomic E-state index is 0. The average Bonchev–Trinajstić information content (AvgIpc) is 2.68. The van der Waals surface area contributed by atoms with E-state index in [0.29, 0.717) is 12.5 Å². The monoisotopic (exact) mass is 497 g/mol. The van der Waals surface area contributed by atoms with Gasteiger partial charge in [-0.3, -0.25) is 0 Å². The van der Waals surface area contributed by atoms with Crippen molar-refractivity contribution in [3.05, 3.63) is 48.2 Å². The molecule has 1 aliphatic heterocycles. The predicted octanol–water partition coefficient (Wildman–Crippen LogP) is 3.25. The molecule has 0 amide bonds. The van der Waals surface area contributed by atoms with Gasteiger partial charge in [-0.2, -0.15) is 0 Å². The topological polar surface area (TPSA) is 85.0 Å². The molecule has 1 aliphatic rings. The van der Waals surface area contributed by atoms with Gasteiger partial charge in [-0.15, -0.1) is 24.0 Å². The van der Waals surface area contributed by atoms with Gasteiger partial charge in [0.25, 0.3) is 0 Å². The fourth-order valence-corrected chi connectivity index (χ4v) is 2.86. The van der Waals surface area contributed by atoms with E-state index in [4.69, 9.17) is 15.2 Å². The Balaban J connectivity index is 0.00000280. The predicted molar refractivity (Wildman–Crippen MR) is 124 cm³/mol. The van der Waals surface area contributed by atoms with Crippen LogP contribution in [0.5, 0.6) is 5.75 Å². The Kier molecular flexibility index (Phi) is 8.78. The normalized spacial score (nSPS) is 14.5. The first-order valence-corrected chi connectivity index (χ1v) is 9.22. The number of anilines is 2. The molecule has 7 nitrogen and oxygen atoms in total. The second-order valence-corrected chi connectivity index (χ2v) is 6.60. The van der Waals surface area contributed by atoms with E-state index in [2.05, 4.69) is 20.2 Å². The Morgan fingerprint density at radius 1 is 1.25 bits per heavy atom. The number of nitrogens with zero attached hydrogens (tertiary/aromatic N) is 3. The van der Waals surface area contributed by atoms with Gasteiger partial charge in [0, 0.05) is 30.5 Å². The van der Waals surface area contributed by atoms with Crippen LogP contribution < -0.4 is 20.7 Å². The molecule has 2 aromatic rings. The Labute approximate surface area is 183 Å². The van der Waals surface area contributed by atoms with Crippen molar-refractivity contribution in [1.29, 1.82) is 0 Å². The summed E-state index contributed by atoms with van der Waals surface area (Å²) < 4.78 is 11.1. The molecule has 1 saturated heterocycles. The zero-order valence-corrected chi connectivity index (χ0v) is 18.6. The van der Waals surface area contributed by atoms with Crippen molar-refractivity contribution in [2.45, 2.75) is 26.5 Å². The SMILES string of the molecule is CC(C)Oc1ccc(NC(N)=NCc2cccnc2N2CCOCC2)cc1.I. The maximum Gasteiger partial charge on any atom is 0.193 e. The van der Waals surface area contributed by atoms with E-state index in [-0.39, 0.29) is 30.1 Å². The number of aromatic nitrogens is 1. The molecule has 0 aliphatic carbocycles. The molecule has 1 aromatic heterocycles. The number of ether oxygens (including phenoxy) is 2. The third-order valence-corrected chi connectivity index (χ3v) is 4.10. The van der Waals surface area contributed by atoms with Crippen molar-refractivity contribution in [2.24, 2.45) is 10.7 Å². The number of nitrogens with two attached hydrogens (primary N) is 1. The summed E-state index contributed by atoms with van der Waals surface area (Å²) in [6.45, 7) is 7.59. The summed E-state index contributed by atoms with van der Waals surface area (Å²) in [6.07, 6.45) is 1.95. The number of benzene rings is 1. The molecule has 0 bridgehead atoms. The van der Waals surface area contributed by atoms with Crippen molar-refractivity contribution in [3.63, 3.8) is 0 Å². The van der Waals surface area contributed by atoms with Crippen LogP contribution in [0.25, 0.3) is 0 Å². The van der Waals surface area contributed by atoms with Crippen LogP contribution in [-0.4, -0.2) is 43.4 Å². The van der Waals surface area contributed by atoms with E-state index in [1.165, 1.54) is 0 Å². The average molecular weight is 497 g/mol. The molecule has 3 N–H and O–H groups in total. The maximum absolute atomic E-state index is 6.05. The molecular formula is C20H28IN5O2. The highest BCUT2D eigenvalue weighted by molar-refractivity contribution is 14.0. The van der Waals surface area contributed by atoms with E-state index in [0.717, 1.165) is 49.1 Å². The summed E-state index contributed by atoms with van der Waals surface area (Å²) in [4.78, 5) is 11.2. The summed E-state index contributed by atoms with van der Waals surface area (Å²) in [5.74, 6) is 2.15. The van der Waals surface area contributed by atoms with Gasteiger partial charge >= 0.3 is 0 Å². The number of aliphatic imine (C=N–C) groups is 1. The Morgan fingerprint density at radius 2 is 1.96 bits per heavy atom. The van der Waals surface area contributed by atoms with Crippen LogP contribution in [0.1, 0.15) is 19.4 Å². The second-order valence-electron chi connectivity index (χ2n) is 6.60. The maximum atomic E-state index is 6.05. The summed E-state index contributed by atoms with van der Waals surface area (Å²) in [7, 11) is 0. The quantitative estimate of drug-likeness (QED) is 0.362. The molecule has 0 unspecified atom stereocenters. The van der Waals surface area contributed by atoms with E-state index in [1.807, 2.05) is 50.2 Å². The lowest BCUT2D eigenvalue weighted by Crippen LogP contribution is -2.37. The Morgan fingerprint density at radius 3 is 2.64 bits per heavy atom. The van der Waals surface area contributed by atoms with Gasteiger partial charge in [0.1, 0.15) is 11.6 Å². The van der Waals surface area contributed by atoms with Gasteiger partial charge < -0.3 is 25.4 Å². The van der Waals surface area contributed by atoms with Crippen molar-refractivity contribution in [1.82, 2.24) is 4.98 Å². The van der Waals surface area contributed by atoms with Crippen LogP contribution in [0.4, 0.5) is 11.5 Å². The van der Waals surface area contributed by atoms with Crippen LogP contribution in [0.2, 0.25) is 0 Å². The minimum Gasteiger partial charge on any atom is -0.491 e. The Bertz CT molecular complexity index is 761. The number of hydrogen-bond acceptors (Lipinski definition) is 5. The highest BCUT2D eigenvalue weighted by Gasteiger charge is 2.15. The lowest BCUT2D eigenvalue weighted by Gasteiger charge is -2.29.